The second-order valence-corrected chi connectivity index (χ2v) is 9.31. The number of imide groups is 1. The number of carbonyl (C=O) groups excluding carboxylic acids is 4. The minimum absolute atomic E-state index is 0.0708. The number of carbonyl (C=O) groups is 4. The summed E-state index contributed by atoms with van der Waals surface area (Å²) in [5, 5.41) is 11.6. The van der Waals surface area contributed by atoms with Crippen LogP contribution in [0.2, 0.25) is 0 Å². The summed E-state index contributed by atoms with van der Waals surface area (Å²) in [6, 6.07) is 7.01. The first-order valence-corrected chi connectivity index (χ1v) is 11.0. The number of benzene rings is 1. The maximum atomic E-state index is 12.9. The number of allylic oxidation sites excluding steroid dienone is 2. The number of hydrogen-bond acceptors (Lipinski definition) is 7. The van der Waals surface area contributed by atoms with E-state index in [9.17, 15) is 24.3 Å². The van der Waals surface area contributed by atoms with Crippen LogP contribution in [-0.4, -0.2) is 49.9 Å². The van der Waals surface area contributed by atoms with Crippen LogP contribution in [0.4, 0.5) is 0 Å². The van der Waals surface area contributed by atoms with Gasteiger partial charge in [0.2, 0.25) is 5.91 Å². The van der Waals surface area contributed by atoms with Crippen LogP contribution in [0.1, 0.15) is 32.3 Å². The van der Waals surface area contributed by atoms with Gasteiger partial charge in [0.05, 0.1) is 23.3 Å². The highest BCUT2D eigenvalue weighted by Crippen LogP contribution is 2.36. The van der Waals surface area contributed by atoms with Gasteiger partial charge in [-0.1, -0.05) is 80.3 Å². The zero-order chi connectivity index (χ0) is 22.7. The lowest BCUT2D eigenvalue weighted by Crippen LogP contribution is -2.53. The monoisotopic (exact) mass is 457 g/mol. The Hall–Kier alpha value is -2.78. The predicted octanol–water partition coefficient (Wildman–Crippen LogP) is 1.74. The van der Waals surface area contributed by atoms with E-state index < -0.39 is 35.8 Å². The third kappa shape index (κ3) is 4.94. The zero-order valence-electron chi connectivity index (χ0n) is 17.0. The first-order chi connectivity index (χ1) is 14.7. The maximum absolute atomic E-state index is 12.9. The van der Waals surface area contributed by atoms with Crippen molar-refractivity contribution in [3.8, 4) is 0 Å². The van der Waals surface area contributed by atoms with E-state index in [4.69, 9.17) is 12.2 Å². The highest BCUT2D eigenvalue weighted by molar-refractivity contribution is 8.26. The number of nitrogens with zero attached hydrogens (tertiary/aromatic N) is 2. The molecule has 2 atom stereocenters. The topological polar surface area (TPSA) is 97.8 Å². The van der Waals surface area contributed by atoms with Crippen LogP contribution in [0.15, 0.2) is 47.4 Å². The number of rotatable bonds is 7. The number of hydrogen-bond donors (Lipinski definition) is 0. The quantitative estimate of drug-likeness (QED) is 0.349. The Morgan fingerprint density at radius 2 is 1.94 bits per heavy atom. The van der Waals surface area contributed by atoms with Crippen molar-refractivity contribution in [3.05, 3.63) is 53.0 Å². The fraction of sp³-hybridized carbons (Fsp3) is 0.318. The van der Waals surface area contributed by atoms with Gasteiger partial charge in [0.25, 0.3) is 11.8 Å². The average Bonchev–Trinajstić information content (AvgIpc) is 3.15. The third-order valence-electron chi connectivity index (χ3n) is 4.91. The van der Waals surface area contributed by atoms with E-state index in [1.807, 2.05) is 36.4 Å². The molecular weight excluding hydrogens is 436 g/mol. The molecule has 2 heterocycles. The molecular formula is C22H21N2O5S2-. The zero-order valence-corrected chi connectivity index (χ0v) is 18.7. The molecule has 3 rings (SSSR count). The maximum Gasteiger partial charge on any atom is 0.266 e. The van der Waals surface area contributed by atoms with Gasteiger partial charge in [-0.2, -0.15) is 0 Å². The molecule has 0 aliphatic carbocycles. The Balaban J connectivity index is 1.79. The van der Waals surface area contributed by atoms with Gasteiger partial charge in [0.15, 0.2) is 0 Å². The molecule has 7 nitrogen and oxygen atoms in total. The minimum Gasteiger partial charge on any atom is -0.548 e. The first-order valence-electron chi connectivity index (χ1n) is 9.76. The Morgan fingerprint density at radius 1 is 1.26 bits per heavy atom. The lowest BCUT2D eigenvalue weighted by atomic mass is 10.0. The number of carboxylic acid groups (broad SMARTS) is 1. The largest absolute Gasteiger partial charge is 0.548 e. The molecule has 0 saturated carbocycles. The average molecular weight is 458 g/mol. The van der Waals surface area contributed by atoms with Gasteiger partial charge >= 0.3 is 0 Å². The SMILES string of the molecule is CC(C)C[C@@H](C(=O)[O-])N1C(=O)C[C@H](N2C(=O)/C(=C/C=C/c3ccccc3)SC2=S)C1=O. The summed E-state index contributed by atoms with van der Waals surface area (Å²) in [5.74, 6) is -3.43. The molecule has 2 aliphatic heterocycles. The van der Waals surface area contributed by atoms with E-state index in [2.05, 4.69) is 0 Å². The van der Waals surface area contributed by atoms with E-state index in [-0.39, 0.29) is 23.1 Å². The van der Waals surface area contributed by atoms with Gasteiger partial charge in [0, 0.05) is 0 Å². The lowest BCUT2D eigenvalue weighted by molar-refractivity contribution is -0.311. The second kappa shape index (κ2) is 9.57. The van der Waals surface area contributed by atoms with Crippen molar-refractivity contribution in [3.63, 3.8) is 0 Å². The molecule has 2 saturated heterocycles. The summed E-state index contributed by atoms with van der Waals surface area (Å²) in [6.45, 7) is 3.57. The molecule has 3 amide bonds. The molecule has 2 fully saturated rings. The summed E-state index contributed by atoms with van der Waals surface area (Å²) in [6.07, 6.45) is 4.92. The minimum atomic E-state index is -1.49. The van der Waals surface area contributed by atoms with E-state index in [1.54, 1.807) is 26.0 Å². The number of aliphatic carboxylic acids is 1. The Kier molecular flexibility index (Phi) is 7.07. The molecule has 0 radical (unpaired) electrons. The molecule has 0 spiro atoms. The van der Waals surface area contributed by atoms with Crippen molar-refractivity contribution in [1.29, 1.82) is 0 Å². The molecule has 0 unspecified atom stereocenters. The van der Waals surface area contributed by atoms with E-state index in [0.29, 0.717) is 4.91 Å². The van der Waals surface area contributed by atoms with Crippen LogP contribution >= 0.6 is 24.0 Å². The van der Waals surface area contributed by atoms with Gasteiger partial charge < -0.3 is 9.90 Å². The van der Waals surface area contributed by atoms with Crippen molar-refractivity contribution < 1.29 is 24.3 Å². The van der Waals surface area contributed by atoms with E-state index in [0.717, 1.165) is 27.1 Å². The summed E-state index contributed by atoms with van der Waals surface area (Å²) in [7, 11) is 0. The van der Waals surface area contributed by atoms with Crippen molar-refractivity contribution in [2.45, 2.75) is 38.8 Å². The number of amides is 3. The summed E-state index contributed by atoms with van der Waals surface area (Å²) >= 11 is 6.33. The second-order valence-electron chi connectivity index (χ2n) is 7.63. The fourth-order valence-electron chi connectivity index (χ4n) is 3.49. The molecule has 1 aromatic carbocycles. The van der Waals surface area contributed by atoms with Gasteiger partial charge in [-0.05, 0) is 24.0 Å². The summed E-state index contributed by atoms with van der Waals surface area (Å²) in [5.41, 5.74) is 0.958. The standard InChI is InChI=1S/C22H22N2O5S2/c1-13(2)11-16(21(28)29)23-18(25)12-15(19(23)26)24-20(27)17(31-22(24)30)10-6-9-14-7-4-3-5-8-14/h3-10,13,15-16H,11-12H2,1-2H3,(H,28,29)/p-1/b9-6+,17-10-/t15-,16-/m0/s1. The van der Waals surface area contributed by atoms with Crippen LogP contribution in [0.25, 0.3) is 6.08 Å². The Bertz CT molecular complexity index is 987. The first kappa shape index (κ1) is 22.9. The lowest BCUT2D eigenvalue weighted by Gasteiger charge is -2.29. The van der Waals surface area contributed by atoms with Crippen LogP contribution < -0.4 is 5.11 Å². The molecule has 31 heavy (non-hydrogen) atoms. The fourth-order valence-corrected chi connectivity index (χ4v) is 4.80. The highest BCUT2D eigenvalue weighted by Gasteiger charge is 2.50. The van der Waals surface area contributed by atoms with E-state index in [1.165, 1.54) is 0 Å². The van der Waals surface area contributed by atoms with Crippen LogP contribution in [0.3, 0.4) is 0 Å². The van der Waals surface area contributed by atoms with Crippen LogP contribution in [-0.2, 0) is 19.2 Å². The molecule has 0 aromatic heterocycles. The third-order valence-corrected chi connectivity index (χ3v) is 6.26. The van der Waals surface area contributed by atoms with Gasteiger partial charge in [0.1, 0.15) is 10.4 Å². The van der Waals surface area contributed by atoms with Gasteiger partial charge in [-0.3, -0.25) is 24.2 Å². The molecule has 0 N–H and O–H groups in total. The molecule has 0 bridgehead atoms. The molecule has 9 heteroatoms. The molecule has 1 aromatic rings. The number of likely N-dealkylation sites (tertiary alicyclic amines) is 1. The van der Waals surface area contributed by atoms with Crippen molar-refractivity contribution in [2.24, 2.45) is 5.92 Å². The molecule has 162 valence electrons. The Morgan fingerprint density at radius 3 is 2.55 bits per heavy atom. The van der Waals surface area contributed by atoms with E-state index >= 15 is 0 Å². The van der Waals surface area contributed by atoms with Gasteiger partial charge in [-0.15, -0.1) is 0 Å². The van der Waals surface area contributed by atoms with Crippen molar-refractivity contribution in [2.75, 3.05) is 0 Å². The normalized spacial score (nSPS) is 21.9. The number of thiocarbonyl (C=S) groups is 1. The van der Waals surface area contributed by atoms with Gasteiger partial charge in [-0.25, -0.2) is 0 Å². The summed E-state index contributed by atoms with van der Waals surface area (Å²) in [4.78, 5) is 52.1. The van der Waals surface area contributed by atoms with Crippen molar-refractivity contribution in [1.82, 2.24) is 9.80 Å². The van der Waals surface area contributed by atoms with Crippen molar-refractivity contribution >= 4 is 58.1 Å². The predicted molar refractivity (Wildman–Crippen MR) is 119 cm³/mol. The van der Waals surface area contributed by atoms with Crippen LogP contribution in [0.5, 0.6) is 0 Å². The smallest absolute Gasteiger partial charge is 0.266 e. The number of carboxylic acids is 1. The number of thioether (sulfide) groups is 1. The molecule has 2 aliphatic rings. The van der Waals surface area contributed by atoms with Crippen LogP contribution in [0, 0.1) is 5.92 Å². The highest BCUT2D eigenvalue weighted by atomic mass is 32.2. The Labute approximate surface area is 189 Å². The summed E-state index contributed by atoms with van der Waals surface area (Å²) < 4.78 is 0.159.